The highest BCUT2D eigenvalue weighted by Gasteiger charge is 2.25. The molecule has 1 amide bonds. The summed E-state index contributed by atoms with van der Waals surface area (Å²) in [5, 5.41) is 2.78. The maximum Gasteiger partial charge on any atom is 0.335 e. The van der Waals surface area contributed by atoms with E-state index >= 15 is 0 Å². The Morgan fingerprint density at radius 1 is 1.38 bits per heavy atom. The van der Waals surface area contributed by atoms with Crippen LogP contribution in [0.2, 0.25) is 0 Å². The van der Waals surface area contributed by atoms with Crippen LogP contribution in [0.25, 0.3) is 0 Å². The van der Waals surface area contributed by atoms with Crippen molar-refractivity contribution in [3.05, 3.63) is 29.8 Å². The Hall–Kier alpha value is -1.88. The fraction of sp³-hybridized carbons (Fsp3) is 0.500. The number of carbonyl (C=O) groups excluding carboxylic acids is 2. The van der Waals surface area contributed by atoms with Crippen LogP contribution in [0.4, 0.5) is 5.69 Å². The van der Waals surface area contributed by atoms with Gasteiger partial charge in [0.15, 0.2) is 12.7 Å². The molecular weight excluding hydrogens is 270 g/mol. The minimum absolute atomic E-state index is 0.287. The molecule has 5 heteroatoms. The number of para-hydroxylation sites is 1. The summed E-state index contributed by atoms with van der Waals surface area (Å²) in [5.41, 5.74) is 1.81. The molecule has 0 radical (unpaired) electrons. The van der Waals surface area contributed by atoms with Crippen molar-refractivity contribution in [1.29, 1.82) is 0 Å². The molecule has 1 aliphatic rings. The summed E-state index contributed by atoms with van der Waals surface area (Å²) in [7, 11) is 0. The van der Waals surface area contributed by atoms with Crippen molar-refractivity contribution in [2.24, 2.45) is 0 Å². The van der Waals surface area contributed by atoms with Gasteiger partial charge in [-0.05, 0) is 30.4 Å². The molecule has 1 N–H and O–H groups in total. The first-order chi connectivity index (χ1) is 10.1. The second-order valence-electron chi connectivity index (χ2n) is 5.40. The second kappa shape index (κ2) is 7.22. The number of nitrogens with one attached hydrogen (secondary N) is 1. The normalized spacial score (nSPS) is 17.8. The molecule has 21 heavy (non-hydrogen) atoms. The van der Waals surface area contributed by atoms with Gasteiger partial charge in [-0.2, -0.15) is 0 Å². The minimum Gasteiger partial charge on any atom is -0.454 e. The third-order valence-electron chi connectivity index (χ3n) is 3.39. The number of benzene rings is 1. The van der Waals surface area contributed by atoms with E-state index in [1.165, 1.54) is 0 Å². The quantitative estimate of drug-likeness (QED) is 0.846. The van der Waals surface area contributed by atoms with Crippen LogP contribution >= 0.6 is 0 Å². The third kappa shape index (κ3) is 4.29. The van der Waals surface area contributed by atoms with Crippen molar-refractivity contribution in [3.63, 3.8) is 0 Å². The van der Waals surface area contributed by atoms with Gasteiger partial charge in [0.2, 0.25) is 0 Å². The van der Waals surface area contributed by atoms with Gasteiger partial charge in [-0.25, -0.2) is 4.79 Å². The Balaban J connectivity index is 1.86. The Morgan fingerprint density at radius 3 is 2.81 bits per heavy atom. The zero-order valence-corrected chi connectivity index (χ0v) is 12.4. The molecule has 5 nitrogen and oxygen atoms in total. The number of amides is 1. The van der Waals surface area contributed by atoms with Crippen LogP contribution in [0.5, 0.6) is 0 Å². The van der Waals surface area contributed by atoms with Crippen molar-refractivity contribution in [2.45, 2.75) is 38.7 Å². The van der Waals surface area contributed by atoms with Crippen LogP contribution in [0, 0.1) is 0 Å². The van der Waals surface area contributed by atoms with E-state index in [-0.39, 0.29) is 12.5 Å². The van der Waals surface area contributed by atoms with Gasteiger partial charge in [0.25, 0.3) is 5.91 Å². The molecule has 114 valence electrons. The Morgan fingerprint density at radius 2 is 2.14 bits per heavy atom. The molecule has 1 aromatic rings. The van der Waals surface area contributed by atoms with Crippen molar-refractivity contribution >= 4 is 17.6 Å². The molecule has 0 unspecified atom stereocenters. The topological polar surface area (TPSA) is 64.6 Å². The van der Waals surface area contributed by atoms with Crippen LogP contribution < -0.4 is 5.32 Å². The molecule has 1 saturated heterocycles. The van der Waals surface area contributed by atoms with Gasteiger partial charge in [-0.3, -0.25) is 4.79 Å². The fourth-order valence-electron chi connectivity index (χ4n) is 2.29. The van der Waals surface area contributed by atoms with Crippen LogP contribution in [0.1, 0.15) is 38.2 Å². The van der Waals surface area contributed by atoms with Crippen molar-refractivity contribution in [2.75, 3.05) is 18.5 Å². The van der Waals surface area contributed by atoms with E-state index in [2.05, 4.69) is 19.2 Å². The molecule has 0 bridgehead atoms. The summed E-state index contributed by atoms with van der Waals surface area (Å²) in [5.74, 6) is -0.495. The Bertz CT molecular complexity index is 507. The van der Waals surface area contributed by atoms with E-state index in [1.807, 2.05) is 24.3 Å². The largest absolute Gasteiger partial charge is 0.454 e. The van der Waals surface area contributed by atoms with Crippen molar-refractivity contribution < 1.29 is 19.1 Å². The zero-order chi connectivity index (χ0) is 15.2. The molecule has 0 saturated carbocycles. The first kappa shape index (κ1) is 15.5. The summed E-state index contributed by atoms with van der Waals surface area (Å²) >= 11 is 0. The van der Waals surface area contributed by atoms with Gasteiger partial charge in [0, 0.05) is 12.3 Å². The monoisotopic (exact) mass is 291 g/mol. The van der Waals surface area contributed by atoms with E-state index in [0.717, 1.165) is 17.7 Å². The molecule has 1 heterocycles. The highest BCUT2D eigenvalue weighted by atomic mass is 16.6. The molecule has 0 spiro atoms. The first-order valence-corrected chi connectivity index (χ1v) is 7.25. The highest BCUT2D eigenvalue weighted by molar-refractivity contribution is 5.93. The molecule has 1 fully saturated rings. The van der Waals surface area contributed by atoms with E-state index in [4.69, 9.17) is 9.47 Å². The summed E-state index contributed by atoms with van der Waals surface area (Å²) < 4.78 is 10.2. The number of anilines is 1. The molecule has 1 aromatic carbocycles. The van der Waals surface area contributed by atoms with Crippen LogP contribution in [-0.4, -0.2) is 31.2 Å². The summed E-state index contributed by atoms with van der Waals surface area (Å²) in [6.07, 6.45) is 1.01. The Kier molecular flexibility index (Phi) is 5.33. The average Bonchev–Trinajstić information content (AvgIpc) is 2.99. The number of rotatable bonds is 5. The van der Waals surface area contributed by atoms with Gasteiger partial charge in [0.1, 0.15) is 0 Å². The number of ether oxygens (including phenoxy) is 2. The summed E-state index contributed by atoms with van der Waals surface area (Å²) in [6, 6.07) is 7.61. The van der Waals surface area contributed by atoms with E-state index < -0.39 is 12.1 Å². The molecule has 0 aromatic heterocycles. The highest BCUT2D eigenvalue weighted by Crippen LogP contribution is 2.23. The lowest BCUT2D eigenvalue weighted by Crippen LogP contribution is -2.27. The zero-order valence-electron chi connectivity index (χ0n) is 12.4. The van der Waals surface area contributed by atoms with Gasteiger partial charge in [0.05, 0.1) is 0 Å². The van der Waals surface area contributed by atoms with Crippen molar-refractivity contribution in [3.8, 4) is 0 Å². The number of hydrogen-bond donors (Lipinski definition) is 1. The van der Waals surface area contributed by atoms with Crippen molar-refractivity contribution in [1.82, 2.24) is 0 Å². The smallest absolute Gasteiger partial charge is 0.335 e. The maximum absolute atomic E-state index is 11.9. The molecule has 1 aliphatic heterocycles. The van der Waals surface area contributed by atoms with E-state index in [0.29, 0.717) is 18.9 Å². The fourth-order valence-corrected chi connectivity index (χ4v) is 2.29. The van der Waals surface area contributed by atoms with Crippen LogP contribution in [0.15, 0.2) is 24.3 Å². The molecule has 0 aliphatic carbocycles. The van der Waals surface area contributed by atoms with Gasteiger partial charge < -0.3 is 14.8 Å². The third-order valence-corrected chi connectivity index (χ3v) is 3.39. The minimum atomic E-state index is -0.513. The predicted octanol–water partition coefficient (Wildman–Crippen LogP) is 2.47. The van der Waals surface area contributed by atoms with Crippen LogP contribution in [-0.2, 0) is 19.1 Å². The molecular formula is C16H21NO4. The maximum atomic E-state index is 11.9. The van der Waals surface area contributed by atoms with E-state index in [9.17, 15) is 9.59 Å². The first-order valence-electron chi connectivity index (χ1n) is 7.25. The van der Waals surface area contributed by atoms with E-state index in [1.54, 1.807) is 0 Å². The lowest BCUT2D eigenvalue weighted by Gasteiger charge is -2.14. The lowest BCUT2D eigenvalue weighted by molar-refractivity contribution is -0.156. The standard InChI is InChI=1S/C16H21NO4/c1-11(2)12-6-3-4-7-13(12)17-15(18)10-21-16(19)14-8-5-9-20-14/h3-4,6-7,11,14H,5,8-10H2,1-2H3,(H,17,18)/t14-/m0/s1. The SMILES string of the molecule is CC(C)c1ccccc1NC(=O)COC(=O)[C@@H]1CCCO1. The molecule has 2 rings (SSSR count). The predicted molar refractivity (Wildman–Crippen MR) is 79.1 cm³/mol. The van der Waals surface area contributed by atoms with Crippen LogP contribution in [0.3, 0.4) is 0 Å². The summed E-state index contributed by atoms with van der Waals surface area (Å²) in [6.45, 7) is 4.41. The lowest BCUT2D eigenvalue weighted by atomic mass is 10.0. The van der Waals surface area contributed by atoms with Gasteiger partial charge in [-0.1, -0.05) is 32.0 Å². The second-order valence-corrected chi connectivity index (χ2v) is 5.40. The van der Waals surface area contributed by atoms with Gasteiger partial charge in [-0.15, -0.1) is 0 Å². The number of carbonyl (C=O) groups is 2. The average molecular weight is 291 g/mol. The van der Waals surface area contributed by atoms with Gasteiger partial charge >= 0.3 is 5.97 Å². The summed E-state index contributed by atoms with van der Waals surface area (Å²) in [4.78, 5) is 23.5. The number of esters is 1. The molecule has 1 atom stereocenters. The Labute approximate surface area is 124 Å². The number of hydrogen-bond acceptors (Lipinski definition) is 4.